The van der Waals surface area contributed by atoms with Crippen molar-refractivity contribution in [2.24, 2.45) is 17.8 Å². The molecule has 0 spiro atoms. The Hall–Kier alpha value is -1.47. The zero-order valence-corrected chi connectivity index (χ0v) is 19.7. The third kappa shape index (κ3) is 7.51. The molecule has 2 heterocycles. The number of carboxylic acids is 1. The van der Waals surface area contributed by atoms with Gasteiger partial charge < -0.3 is 50.2 Å². The average molecular weight is 532 g/mol. The summed E-state index contributed by atoms with van der Waals surface area (Å²) >= 11 is 0. The summed E-state index contributed by atoms with van der Waals surface area (Å²) in [7, 11) is -4.57. The molecule has 35 heavy (non-hydrogen) atoms. The molecular weight excluding hydrogens is 498 g/mol. The molecule has 2 aliphatic heterocycles. The lowest BCUT2D eigenvalue weighted by molar-refractivity contribution is -0.228. The van der Waals surface area contributed by atoms with Gasteiger partial charge in [0, 0.05) is 24.7 Å². The monoisotopic (exact) mass is 531 g/mol. The van der Waals surface area contributed by atoms with Gasteiger partial charge in [0.05, 0.1) is 57.0 Å². The summed E-state index contributed by atoms with van der Waals surface area (Å²) in [4.78, 5) is 23.2. The van der Waals surface area contributed by atoms with Crippen molar-refractivity contribution in [3.8, 4) is 0 Å². The third-order valence-corrected chi connectivity index (χ3v) is 7.10. The molecule has 8 N–H and O–H groups in total. The van der Waals surface area contributed by atoms with E-state index in [2.05, 4.69) is 5.32 Å². The molecule has 0 aliphatic carbocycles. The Morgan fingerprint density at radius 3 is 2.00 bits per heavy atom. The smallest absolute Gasteiger partial charge is 0.333 e. The summed E-state index contributed by atoms with van der Waals surface area (Å²) in [5.74, 6) is -6.18. The second-order valence-electron chi connectivity index (χ2n) is 8.68. The molecule has 0 aromatic carbocycles. The fourth-order valence-corrected chi connectivity index (χ4v) is 5.57. The van der Waals surface area contributed by atoms with Crippen LogP contribution in [0.15, 0.2) is 0 Å². The van der Waals surface area contributed by atoms with Crippen molar-refractivity contribution in [3.05, 3.63) is 0 Å². The summed E-state index contributed by atoms with van der Waals surface area (Å²) in [6, 6.07) is -1.000. The molecule has 2 rings (SSSR count). The van der Waals surface area contributed by atoms with Gasteiger partial charge in [-0.05, 0) is 0 Å². The molecule has 0 radical (unpaired) electrons. The Balaban J connectivity index is 2.23. The zero-order valence-electron chi connectivity index (χ0n) is 18.9. The highest BCUT2D eigenvalue weighted by Crippen LogP contribution is 2.33. The van der Waals surface area contributed by atoms with Crippen LogP contribution < -0.4 is 5.32 Å². The minimum atomic E-state index is -4.57. The van der Waals surface area contributed by atoms with Crippen LogP contribution in [0.2, 0.25) is 0 Å². The summed E-state index contributed by atoms with van der Waals surface area (Å²) in [5, 5.41) is 61.1. The number of nitrogens with one attached hydrogen (secondary N) is 1. The maximum Gasteiger partial charge on any atom is 0.333 e. The first kappa shape index (κ1) is 29.8. The van der Waals surface area contributed by atoms with E-state index in [1.54, 1.807) is 0 Å². The highest BCUT2D eigenvalue weighted by molar-refractivity contribution is 7.85. The molecule has 10 atom stereocenters. The van der Waals surface area contributed by atoms with E-state index in [-0.39, 0.29) is 6.61 Å². The molecule has 0 unspecified atom stereocenters. The summed E-state index contributed by atoms with van der Waals surface area (Å²) in [6.45, 7) is -1.68. The Labute approximate surface area is 201 Å². The first-order valence-electron chi connectivity index (χ1n) is 10.9. The number of hydrogen-bond acceptors (Lipinski definition) is 12. The van der Waals surface area contributed by atoms with Gasteiger partial charge in [-0.15, -0.1) is 0 Å². The van der Waals surface area contributed by atoms with Gasteiger partial charge in [0.15, 0.2) is 6.10 Å². The zero-order chi connectivity index (χ0) is 26.5. The number of carbonyl (C=O) groups excluding carboxylic acids is 1. The summed E-state index contributed by atoms with van der Waals surface area (Å²) in [6.07, 6.45) is -8.42. The van der Waals surface area contributed by atoms with Crippen molar-refractivity contribution < 1.29 is 67.4 Å². The van der Waals surface area contributed by atoms with E-state index in [1.807, 2.05) is 0 Å². The van der Waals surface area contributed by atoms with E-state index < -0.39 is 115 Å². The molecule has 2 saturated heterocycles. The van der Waals surface area contributed by atoms with Crippen molar-refractivity contribution in [1.82, 2.24) is 5.32 Å². The minimum Gasteiger partial charge on any atom is -0.479 e. The highest BCUT2D eigenvalue weighted by Gasteiger charge is 2.49. The number of carboxylic acid groups (broad SMARTS) is 1. The van der Waals surface area contributed by atoms with Crippen LogP contribution in [-0.2, 0) is 33.9 Å². The van der Waals surface area contributed by atoms with E-state index in [0.29, 0.717) is 0 Å². The van der Waals surface area contributed by atoms with Crippen molar-refractivity contribution in [2.45, 2.75) is 49.6 Å². The fraction of sp³-hybridized carbons (Fsp3) is 0.895. The van der Waals surface area contributed by atoms with E-state index in [4.69, 9.17) is 14.2 Å². The average Bonchev–Trinajstić information content (AvgIpc) is 2.76. The Morgan fingerprint density at radius 2 is 1.51 bits per heavy atom. The lowest BCUT2D eigenvalue weighted by Crippen LogP contribution is -2.62. The molecule has 0 aromatic heterocycles. The van der Waals surface area contributed by atoms with Crippen molar-refractivity contribution >= 4 is 22.0 Å². The molecular formula is C19H33NO14S. The van der Waals surface area contributed by atoms with Crippen LogP contribution in [0.3, 0.4) is 0 Å². The first-order chi connectivity index (χ1) is 16.3. The van der Waals surface area contributed by atoms with Gasteiger partial charge in [-0.25, -0.2) is 4.79 Å². The fourth-order valence-electron chi connectivity index (χ4n) is 4.62. The van der Waals surface area contributed by atoms with E-state index >= 15 is 0 Å². The quantitative estimate of drug-likeness (QED) is 0.117. The minimum absolute atomic E-state index is 0.356. The molecule has 1 amide bonds. The Morgan fingerprint density at radius 1 is 0.886 bits per heavy atom. The molecule has 0 bridgehead atoms. The molecule has 2 fully saturated rings. The van der Waals surface area contributed by atoms with Crippen LogP contribution in [0.5, 0.6) is 0 Å². The number of carbonyl (C=O) groups is 2. The van der Waals surface area contributed by atoms with Crippen molar-refractivity contribution in [1.29, 1.82) is 0 Å². The van der Waals surface area contributed by atoms with Crippen LogP contribution in [0.25, 0.3) is 0 Å². The van der Waals surface area contributed by atoms with Gasteiger partial charge in [0.25, 0.3) is 10.1 Å². The van der Waals surface area contributed by atoms with Gasteiger partial charge in [0.2, 0.25) is 5.91 Å². The number of amides is 1. The standard InChI is InChI=1S/C19H33NO14S/c1-8(24)20-15-10(11(7-35(29,30)31)12(3-22)33-13(15)4-23)5-32-6-14-17(26)16(25)9(2-21)18(34-14)19(27)28/h9-18,21-23,25-26H,2-7H2,1H3,(H,20,24)(H,27,28)(H,29,30,31)/t9-,10-,11+,12+,13-,14-,15+,16-,17-,18-/m0/s1. The normalized spacial score (nSPS) is 38.1. The molecule has 2 aliphatic rings. The van der Waals surface area contributed by atoms with Crippen molar-refractivity contribution in [2.75, 3.05) is 38.8 Å². The van der Waals surface area contributed by atoms with Crippen LogP contribution in [0, 0.1) is 17.8 Å². The van der Waals surface area contributed by atoms with Gasteiger partial charge in [-0.1, -0.05) is 0 Å². The molecule has 0 aromatic rings. The third-order valence-electron chi connectivity index (χ3n) is 6.30. The van der Waals surface area contributed by atoms with E-state index in [9.17, 15) is 53.2 Å². The highest BCUT2D eigenvalue weighted by atomic mass is 32.2. The van der Waals surface area contributed by atoms with Crippen molar-refractivity contribution in [3.63, 3.8) is 0 Å². The summed E-state index contributed by atoms with van der Waals surface area (Å²) in [5.41, 5.74) is 0. The Bertz CT molecular complexity index is 824. The van der Waals surface area contributed by atoms with Gasteiger partial charge >= 0.3 is 5.97 Å². The number of aliphatic carboxylic acids is 1. The van der Waals surface area contributed by atoms with Gasteiger partial charge in [0.1, 0.15) is 18.3 Å². The predicted octanol–water partition coefficient (Wildman–Crippen LogP) is -4.44. The Kier molecular flexibility index (Phi) is 10.8. The first-order valence-corrected chi connectivity index (χ1v) is 12.5. The number of ether oxygens (including phenoxy) is 3. The lowest BCUT2D eigenvalue weighted by atomic mass is 9.78. The van der Waals surface area contributed by atoms with Crippen LogP contribution in [0.1, 0.15) is 6.92 Å². The summed E-state index contributed by atoms with van der Waals surface area (Å²) < 4.78 is 49.1. The lowest BCUT2D eigenvalue weighted by Gasteiger charge is -2.46. The number of aliphatic hydroxyl groups excluding tert-OH is 5. The maximum absolute atomic E-state index is 11.8. The van der Waals surface area contributed by atoms with E-state index in [1.165, 1.54) is 6.92 Å². The number of hydrogen-bond donors (Lipinski definition) is 8. The predicted molar refractivity (Wildman–Crippen MR) is 114 cm³/mol. The molecule has 204 valence electrons. The molecule has 16 heteroatoms. The number of aliphatic hydroxyl groups is 5. The van der Waals surface area contributed by atoms with Gasteiger partial charge in [-0.3, -0.25) is 9.35 Å². The van der Waals surface area contributed by atoms with Gasteiger partial charge in [-0.2, -0.15) is 8.42 Å². The molecule has 15 nitrogen and oxygen atoms in total. The van der Waals surface area contributed by atoms with Crippen LogP contribution in [0.4, 0.5) is 0 Å². The van der Waals surface area contributed by atoms with Crippen LogP contribution >= 0.6 is 0 Å². The second-order valence-corrected chi connectivity index (χ2v) is 10.2. The molecule has 0 saturated carbocycles. The SMILES string of the molecule is CC(=O)N[C@@H]1[C@@H](COC[C@@H]2O[C@H](C(=O)O)[C@@H](CO)[C@H](O)[C@H]2O)[C@@H](CS(=O)(=O)O)[C@@H](CO)O[C@H]1CO. The largest absolute Gasteiger partial charge is 0.479 e. The van der Waals surface area contributed by atoms with E-state index in [0.717, 1.165) is 0 Å². The maximum atomic E-state index is 11.8. The second kappa shape index (κ2) is 12.7. The number of rotatable bonds is 11. The topological polar surface area (TPSA) is 250 Å². The van der Waals surface area contributed by atoms with Crippen LogP contribution in [-0.4, -0.2) is 137 Å².